The first-order chi connectivity index (χ1) is 13.6. The van der Waals surface area contributed by atoms with Gasteiger partial charge in [0.1, 0.15) is 28.5 Å². The molecular weight excluding hydrogens is 366 g/mol. The summed E-state index contributed by atoms with van der Waals surface area (Å²) in [6.45, 7) is 8.91. The molecule has 0 aromatic heterocycles. The number of aliphatic hydroxyl groups is 1. The molecule has 3 rings (SSSR count). The van der Waals surface area contributed by atoms with Crippen LogP contribution in [0.2, 0.25) is 0 Å². The number of hydrogen-bond acceptors (Lipinski definition) is 5. The van der Waals surface area contributed by atoms with Crippen molar-refractivity contribution >= 4 is 11.4 Å². The van der Waals surface area contributed by atoms with E-state index >= 15 is 0 Å². The molecule has 0 aliphatic carbocycles. The van der Waals surface area contributed by atoms with Crippen molar-refractivity contribution in [3.63, 3.8) is 0 Å². The second kappa shape index (κ2) is 7.38. The molecule has 2 aromatic rings. The minimum Gasteiger partial charge on any atom is -0.508 e. The molecule has 0 unspecified atom stereocenters. The van der Waals surface area contributed by atoms with Crippen molar-refractivity contribution in [2.45, 2.75) is 52.2 Å². The fourth-order valence-electron chi connectivity index (χ4n) is 3.62. The predicted molar refractivity (Wildman–Crippen MR) is 111 cm³/mol. The molecule has 29 heavy (non-hydrogen) atoms. The first-order valence-electron chi connectivity index (χ1n) is 9.59. The average molecular weight is 391 g/mol. The third-order valence-corrected chi connectivity index (χ3v) is 5.02. The van der Waals surface area contributed by atoms with Gasteiger partial charge in [0, 0.05) is 0 Å². The number of carbonyl (C=O) groups excluding carboxylic acids is 1. The fourth-order valence-corrected chi connectivity index (χ4v) is 3.62. The van der Waals surface area contributed by atoms with Crippen LogP contribution in [-0.4, -0.2) is 22.1 Å². The lowest BCUT2D eigenvalue weighted by Crippen LogP contribution is -2.49. The van der Waals surface area contributed by atoms with Crippen LogP contribution in [0.1, 0.15) is 51.3 Å². The van der Waals surface area contributed by atoms with E-state index in [1.165, 1.54) is 0 Å². The van der Waals surface area contributed by atoms with Gasteiger partial charge < -0.3 is 14.6 Å². The second-order valence-electron chi connectivity index (χ2n) is 8.09. The molecule has 0 bridgehead atoms. The van der Waals surface area contributed by atoms with E-state index in [4.69, 9.17) is 14.7 Å². The molecule has 5 heteroatoms. The summed E-state index contributed by atoms with van der Waals surface area (Å²) in [6, 6.07) is 14.4. The molecule has 0 radical (unpaired) electrons. The van der Waals surface area contributed by atoms with Crippen LogP contribution in [0.3, 0.4) is 0 Å². The van der Waals surface area contributed by atoms with Gasteiger partial charge in [-0.25, -0.2) is 0 Å². The summed E-state index contributed by atoms with van der Waals surface area (Å²) in [5, 5.41) is 20.0. The second-order valence-corrected chi connectivity index (χ2v) is 8.09. The van der Waals surface area contributed by atoms with E-state index in [-0.39, 0.29) is 17.1 Å². The van der Waals surface area contributed by atoms with Gasteiger partial charge in [-0.1, -0.05) is 19.1 Å². The molecule has 1 heterocycles. The van der Waals surface area contributed by atoms with Crippen LogP contribution in [0.15, 0.2) is 48.2 Å². The number of Topliss-reactive ketones (excluding diaryl/α,β-unsaturated/α-hetero) is 1. The lowest BCUT2D eigenvalue weighted by Gasteiger charge is -2.40. The number of rotatable bonds is 4. The van der Waals surface area contributed by atoms with Crippen molar-refractivity contribution in [2.24, 2.45) is 0 Å². The Labute approximate surface area is 171 Å². The van der Waals surface area contributed by atoms with Gasteiger partial charge >= 0.3 is 0 Å². The zero-order valence-electron chi connectivity index (χ0n) is 17.4. The Morgan fingerprint density at radius 3 is 2.41 bits per heavy atom. The van der Waals surface area contributed by atoms with E-state index in [0.717, 1.165) is 5.56 Å². The number of nitrogens with zero attached hydrogens (tertiary/aromatic N) is 1. The molecule has 150 valence electrons. The number of ketones is 1. The highest BCUT2D eigenvalue weighted by molar-refractivity contribution is 6.26. The topological polar surface area (TPSA) is 79.6 Å². The number of carbonyl (C=O) groups is 1. The molecule has 1 aliphatic rings. The molecule has 0 fully saturated rings. The smallest absolute Gasteiger partial charge is 0.198 e. The zero-order valence-corrected chi connectivity index (χ0v) is 17.4. The van der Waals surface area contributed by atoms with Gasteiger partial charge in [0.05, 0.1) is 17.2 Å². The van der Waals surface area contributed by atoms with Gasteiger partial charge in [-0.05, 0) is 75.6 Å². The molecule has 0 saturated carbocycles. The van der Waals surface area contributed by atoms with Crippen LogP contribution in [0, 0.1) is 11.3 Å². The summed E-state index contributed by atoms with van der Waals surface area (Å²) in [6.07, 6.45) is 0.686. The van der Waals surface area contributed by atoms with Crippen molar-refractivity contribution in [1.29, 1.82) is 5.26 Å². The van der Waals surface area contributed by atoms with Gasteiger partial charge in [0.15, 0.2) is 5.78 Å². The zero-order chi connectivity index (χ0) is 21.4. The van der Waals surface area contributed by atoms with Gasteiger partial charge in [0.25, 0.3) is 0 Å². The molecule has 0 amide bonds. The summed E-state index contributed by atoms with van der Waals surface area (Å²) < 4.78 is 11.8. The van der Waals surface area contributed by atoms with Gasteiger partial charge in [-0.3, -0.25) is 4.79 Å². The Bertz CT molecular complexity index is 1040. The van der Waals surface area contributed by atoms with Crippen LogP contribution >= 0.6 is 0 Å². The maximum absolute atomic E-state index is 13.1. The highest BCUT2D eigenvalue weighted by Gasteiger charge is 2.47. The van der Waals surface area contributed by atoms with Crippen LogP contribution in [0.4, 0.5) is 0 Å². The molecular formula is C24H25NO4. The Morgan fingerprint density at radius 1 is 1.07 bits per heavy atom. The van der Waals surface area contributed by atoms with Crippen molar-refractivity contribution in [3.05, 3.63) is 64.9 Å². The van der Waals surface area contributed by atoms with Crippen LogP contribution in [0.5, 0.6) is 11.5 Å². The van der Waals surface area contributed by atoms with Crippen LogP contribution in [0.25, 0.3) is 5.57 Å². The van der Waals surface area contributed by atoms with Crippen molar-refractivity contribution in [1.82, 2.24) is 0 Å². The number of ether oxygens (including phenoxy) is 2. The first kappa shape index (κ1) is 20.6. The lowest BCUT2D eigenvalue weighted by atomic mass is 9.81. The summed E-state index contributed by atoms with van der Waals surface area (Å²) in [4.78, 5) is 13.1. The lowest BCUT2D eigenvalue weighted by molar-refractivity contribution is -0.158. The summed E-state index contributed by atoms with van der Waals surface area (Å²) in [7, 11) is 0. The number of aryl methyl sites for hydroxylation is 1. The van der Waals surface area contributed by atoms with Crippen LogP contribution in [-0.2, 0) is 16.0 Å². The average Bonchev–Trinajstić information content (AvgIpc) is 2.66. The highest BCUT2D eigenvalue weighted by atomic mass is 16.5. The summed E-state index contributed by atoms with van der Waals surface area (Å²) in [5.74, 6) is 0.687. The van der Waals surface area contributed by atoms with E-state index in [0.29, 0.717) is 29.0 Å². The highest BCUT2D eigenvalue weighted by Crippen LogP contribution is 2.41. The fraction of sp³-hybridized carbons (Fsp3) is 0.333. The van der Waals surface area contributed by atoms with Gasteiger partial charge in [-0.2, -0.15) is 5.26 Å². The molecule has 1 aliphatic heterocycles. The Morgan fingerprint density at radius 2 is 1.76 bits per heavy atom. The first-order valence-corrected chi connectivity index (χ1v) is 9.59. The van der Waals surface area contributed by atoms with Crippen molar-refractivity contribution in [3.8, 4) is 17.6 Å². The largest absolute Gasteiger partial charge is 0.508 e. The number of aliphatic hydroxyl groups excluding tert-OH is 1. The predicted octanol–water partition coefficient (Wildman–Crippen LogP) is 5.34. The Kier molecular flexibility index (Phi) is 5.25. The molecule has 2 aromatic carbocycles. The minimum absolute atomic E-state index is 0.0832. The number of hydrogen-bond donors (Lipinski definition) is 1. The Hall–Kier alpha value is -3.10. The number of nitriles is 1. The minimum atomic E-state index is -1.06. The van der Waals surface area contributed by atoms with E-state index in [2.05, 4.69) is 6.07 Å². The van der Waals surface area contributed by atoms with Crippen LogP contribution < -0.4 is 4.74 Å². The van der Waals surface area contributed by atoms with Gasteiger partial charge in [0.2, 0.25) is 0 Å². The summed E-state index contributed by atoms with van der Waals surface area (Å²) in [5.41, 5.74) is 0.264. The maximum Gasteiger partial charge on any atom is 0.198 e. The third-order valence-electron chi connectivity index (χ3n) is 5.02. The molecule has 5 nitrogen and oxygen atoms in total. The molecule has 0 atom stereocenters. The van der Waals surface area contributed by atoms with E-state index in [1.807, 2.05) is 19.1 Å². The molecule has 0 saturated heterocycles. The van der Waals surface area contributed by atoms with E-state index in [1.54, 1.807) is 58.0 Å². The van der Waals surface area contributed by atoms with E-state index < -0.39 is 11.2 Å². The van der Waals surface area contributed by atoms with Gasteiger partial charge in [-0.15, -0.1) is 0 Å². The van der Waals surface area contributed by atoms with Crippen molar-refractivity contribution in [2.75, 3.05) is 0 Å². The van der Waals surface area contributed by atoms with Crippen molar-refractivity contribution < 1.29 is 19.4 Å². The standard InChI is InChI=1S/C24H25NO4/c1-6-16-10-11-18(28-17-9-7-8-15(12-17)14-25)13-19(16)20-21(26)23(2,3)29-24(4,5)22(20)27/h7-13,26H,6H2,1-5H3. The molecule has 0 spiro atoms. The Balaban J connectivity index is 2.12. The maximum atomic E-state index is 13.1. The summed E-state index contributed by atoms with van der Waals surface area (Å²) >= 11 is 0. The quantitative estimate of drug-likeness (QED) is 0.761. The van der Waals surface area contributed by atoms with E-state index in [9.17, 15) is 9.90 Å². The normalized spacial score (nSPS) is 17.7. The third kappa shape index (κ3) is 3.90. The SMILES string of the molecule is CCc1ccc(Oc2cccc(C#N)c2)cc1C1=C(O)C(C)(C)OC(C)(C)C1=O. The number of benzene rings is 2. The monoisotopic (exact) mass is 391 g/mol. The molecule has 1 N–H and O–H groups in total.